The Bertz CT molecular complexity index is 350. The molecule has 0 radical (unpaired) electrons. The van der Waals surface area contributed by atoms with E-state index in [1.807, 2.05) is 42.4 Å². The van der Waals surface area contributed by atoms with Crippen LogP contribution in [0.3, 0.4) is 0 Å². The molecule has 1 aromatic carbocycles. The molecular formula is C13H18N2O. The molecule has 3 heteroatoms. The fourth-order valence-electron chi connectivity index (χ4n) is 2.29. The Morgan fingerprint density at radius 3 is 2.62 bits per heavy atom. The standard InChI is InChI=1S/C13H18N2O/c1-14-15(11-7-3-2-4-8-11)12-9-5-6-10-13(12)16/h2-4,7-8,12,14H,5-6,9-10H2,1H3. The van der Waals surface area contributed by atoms with E-state index in [2.05, 4.69) is 5.43 Å². The molecule has 1 aliphatic rings. The van der Waals surface area contributed by atoms with Crippen LogP contribution in [0, 0.1) is 0 Å². The lowest BCUT2D eigenvalue weighted by Crippen LogP contribution is -2.49. The number of hydrogen-bond acceptors (Lipinski definition) is 3. The summed E-state index contributed by atoms with van der Waals surface area (Å²) in [6, 6.07) is 10.0. The van der Waals surface area contributed by atoms with Gasteiger partial charge in [0.1, 0.15) is 6.04 Å². The van der Waals surface area contributed by atoms with Crippen LogP contribution >= 0.6 is 0 Å². The molecule has 1 aliphatic carbocycles. The normalized spacial score (nSPS) is 20.8. The molecule has 1 N–H and O–H groups in total. The van der Waals surface area contributed by atoms with Crippen molar-refractivity contribution in [3.63, 3.8) is 0 Å². The van der Waals surface area contributed by atoms with Gasteiger partial charge in [0.05, 0.1) is 5.69 Å². The zero-order valence-corrected chi connectivity index (χ0v) is 9.65. The number of para-hydroxylation sites is 1. The highest BCUT2D eigenvalue weighted by atomic mass is 16.1. The number of ketones is 1. The summed E-state index contributed by atoms with van der Waals surface area (Å²) in [5, 5.41) is 1.99. The first kappa shape index (κ1) is 11.1. The Morgan fingerprint density at radius 2 is 2.00 bits per heavy atom. The summed E-state index contributed by atoms with van der Waals surface area (Å²) in [4.78, 5) is 11.9. The molecule has 0 heterocycles. The van der Waals surface area contributed by atoms with Gasteiger partial charge in [-0.1, -0.05) is 24.6 Å². The maximum Gasteiger partial charge on any atom is 0.156 e. The van der Waals surface area contributed by atoms with E-state index in [4.69, 9.17) is 0 Å². The Hall–Kier alpha value is -1.35. The molecule has 86 valence electrons. The zero-order valence-electron chi connectivity index (χ0n) is 9.65. The van der Waals surface area contributed by atoms with E-state index in [0.29, 0.717) is 5.78 Å². The van der Waals surface area contributed by atoms with Gasteiger partial charge in [-0.05, 0) is 25.0 Å². The van der Waals surface area contributed by atoms with E-state index < -0.39 is 0 Å². The van der Waals surface area contributed by atoms with Crippen LogP contribution in [0.15, 0.2) is 30.3 Å². The van der Waals surface area contributed by atoms with Crippen LogP contribution < -0.4 is 10.4 Å². The van der Waals surface area contributed by atoms with Gasteiger partial charge < -0.3 is 0 Å². The summed E-state index contributed by atoms with van der Waals surface area (Å²) in [6.45, 7) is 0. The number of nitrogens with one attached hydrogen (secondary N) is 1. The lowest BCUT2D eigenvalue weighted by molar-refractivity contribution is -0.121. The minimum absolute atomic E-state index is 0.00106. The first-order valence-corrected chi connectivity index (χ1v) is 5.87. The minimum atomic E-state index is 0.00106. The highest BCUT2D eigenvalue weighted by Crippen LogP contribution is 2.23. The lowest BCUT2D eigenvalue weighted by Gasteiger charge is -2.34. The number of hydrazine groups is 1. The Balaban J connectivity index is 2.18. The zero-order chi connectivity index (χ0) is 11.4. The summed E-state index contributed by atoms with van der Waals surface area (Å²) >= 11 is 0. The lowest BCUT2D eigenvalue weighted by atomic mass is 9.93. The van der Waals surface area contributed by atoms with Crippen LogP contribution in [0.1, 0.15) is 25.7 Å². The highest BCUT2D eigenvalue weighted by Gasteiger charge is 2.27. The first-order chi connectivity index (χ1) is 7.83. The van der Waals surface area contributed by atoms with Gasteiger partial charge in [-0.15, -0.1) is 0 Å². The number of Topliss-reactive ketones (excluding diaryl/α,β-unsaturated/α-hetero) is 1. The van der Waals surface area contributed by atoms with Crippen LogP contribution in [0.5, 0.6) is 0 Å². The largest absolute Gasteiger partial charge is 0.298 e. The van der Waals surface area contributed by atoms with Crippen LogP contribution in [0.25, 0.3) is 0 Å². The van der Waals surface area contributed by atoms with Gasteiger partial charge in [0.15, 0.2) is 5.78 Å². The smallest absolute Gasteiger partial charge is 0.156 e. The quantitative estimate of drug-likeness (QED) is 0.789. The molecule has 2 rings (SSSR count). The monoisotopic (exact) mass is 218 g/mol. The van der Waals surface area contributed by atoms with Crippen molar-refractivity contribution in [2.75, 3.05) is 12.1 Å². The second-order valence-electron chi connectivity index (χ2n) is 4.16. The second kappa shape index (κ2) is 5.12. The van der Waals surface area contributed by atoms with Crippen LogP contribution in [-0.2, 0) is 4.79 Å². The molecule has 16 heavy (non-hydrogen) atoms. The van der Waals surface area contributed by atoms with Crippen molar-refractivity contribution < 1.29 is 4.79 Å². The van der Waals surface area contributed by atoms with Crippen molar-refractivity contribution in [1.82, 2.24) is 5.43 Å². The minimum Gasteiger partial charge on any atom is -0.298 e. The fourth-order valence-corrected chi connectivity index (χ4v) is 2.29. The average molecular weight is 218 g/mol. The van der Waals surface area contributed by atoms with E-state index in [9.17, 15) is 4.79 Å². The van der Waals surface area contributed by atoms with Gasteiger partial charge in [0.25, 0.3) is 0 Å². The molecule has 1 fully saturated rings. The maximum absolute atomic E-state index is 11.9. The number of anilines is 1. The topological polar surface area (TPSA) is 32.3 Å². The summed E-state index contributed by atoms with van der Waals surface area (Å²) in [5.41, 5.74) is 4.19. The van der Waals surface area contributed by atoms with Crippen LogP contribution in [-0.4, -0.2) is 18.9 Å². The third-order valence-corrected chi connectivity index (χ3v) is 3.11. The van der Waals surface area contributed by atoms with E-state index >= 15 is 0 Å². The van der Waals surface area contributed by atoms with Gasteiger partial charge in [0.2, 0.25) is 0 Å². The molecule has 0 spiro atoms. The molecule has 1 saturated carbocycles. The highest BCUT2D eigenvalue weighted by molar-refractivity contribution is 5.87. The first-order valence-electron chi connectivity index (χ1n) is 5.87. The summed E-state index contributed by atoms with van der Waals surface area (Å²) in [5.74, 6) is 0.351. The van der Waals surface area contributed by atoms with Crippen molar-refractivity contribution in [1.29, 1.82) is 0 Å². The van der Waals surface area contributed by atoms with Gasteiger partial charge in [-0.2, -0.15) is 0 Å². The van der Waals surface area contributed by atoms with Crippen molar-refractivity contribution >= 4 is 11.5 Å². The number of carbonyl (C=O) groups excluding carboxylic acids is 1. The van der Waals surface area contributed by atoms with Gasteiger partial charge in [0, 0.05) is 13.5 Å². The molecule has 1 atom stereocenters. The van der Waals surface area contributed by atoms with Crippen LogP contribution in [0.2, 0.25) is 0 Å². The number of carbonyl (C=O) groups is 1. The molecule has 0 aliphatic heterocycles. The van der Waals surface area contributed by atoms with E-state index in [1.54, 1.807) is 0 Å². The summed E-state index contributed by atoms with van der Waals surface area (Å²) in [6.07, 6.45) is 3.85. The van der Waals surface area contributed by atoms with E-state index in [-0.39, 0.29) is 6.04 Å². The van der Waals surface area contributed by atoms with Gasteiger partial charge in [-0.3, -0.25) is 9.80 Å². The number of hydrogen-bond donors (Lipinski definition) is 1. The van der Waals surface area contributed by atoms with Crippen molar-refractivity contribution in [3.8, 4) is 0 Å². The third-order valence-electron chi connectivity index (χ3n) is 3.11. The molecular weight excluding hydrogens is 200 g/mol. The predicted molar refractivity (Wildman–Crippen MR) is 65.2 cm³/mol. The summed E-state index contributed by atoms with van der Waals surface area (Å²) < 4.78 is 0. The number of nitrogens with zero attached hydrogens (tertiary/aromatic N) is 1. The molecule has 0 saturated heterocycles. The molecule has 3 nitrogen and oxygen atoms in total. The number of rotatable bonds is 3. The van der Waals surface area contributed by atoms with Crippen LogP contribution in [0.4, 0.5) is 5.69 Å². The SMILES string of the molecule is CNN(c1ccccc1)C1CCCCC1=O. The van der Waals surface area contributed by atoms with Gasteiger partial charge >= 0.3 is 0 Å². The van der Waals surface area contributed by atoms with Crippen molar-refractivity contribution in [3.05, 3.63) is 30.3 Å². The van der Waals surface area contributed by atoms with Crippen molar-refractivity contribution in [2.45, 2.75) is 31.7 Å². The Morgan fingerprint density at radius 1 is 1.25 bits per heavy atom. The van der Waals surface area contributed by atoms with Crippen molar-refractivity contribution in [2.24, 2.45) is 0 Å². The molecule has 0 amide bonds. The fraction of sp³-hybridized carbons (Fsp3) is 0.462. The van der Waals surface area contributed by atoms with E-state index in [0.717, 1.165) is 31.4 Å². The summed E-state index contributed by atoms with van der Waals surface area (Å²) in [7, 11) is 1.87. The maximum atomic E-state index is 11.9. The predicted octanol–water partition coefficient (Wildman–Crippen LogP) is 2.14. The van der Waals surface area contributed by atoms with Gasteiger partial charge in [-0.25, -0.2) is 5.43 Å². The Labute approximate surface area is 96.4 Å². The molecule has 1 unspecified atom stereocenters. The average Bonchev–Trinajstić information content (AvgIpc) is 2.34. The molecule has 0 aromatic heterocycles. The molecule has 0 bridgehead atoms. The Kier molecular flexibility index (Phi) is 3.57. The second-order valence-corrected chi connectivity index (χ2v) is 4.16. The number of benzene rings is 1. The van der Waals surface area contributed by atoms with E-state index in [1.165, 1.54) is 0 Å². The third kappa shape index (κ3) is 2.25. The molecule has 1 aromatic rings.